The predicted octanol–water partition coefficient (Wildman–Crippen LogP) is 3.00. The Morgan fingerprint density at radius 3 is 2.95 bits per heavy atom. The van der Waals surface area contributed by atoms with Gasteiger partial charge in [-0.3, -0.25) is 10.1 Å². The Bertz CT molecular complexity index is 496. The SMILES string of the molecule is COc1cc(F)c([N+](=O)[O-])c(NCC2CSCCS2)c1. The molecule has 0 amide bonds. The number of nitrogens with zero attached hydrogens (tertiary/aromatic N) is 1. The molecule has 5 nitrogen and oxygen atoms in total. The highest BCUT2D eigenvalue weighted by Crippen LogP contribution is 2.33. The van der Waals surface area contributed by atoms with Gasteiger partial charge in [0.15, 0.2) is 0 Å². The van der Waals surface area contributed by atoms with Gasteiger partial charge in [0, 0.05) is 41.2 Å². The summed E-state index contributed by atoms with van der Waals surface area (Å²) in [4.78, 5) is 10.3. The van der Waals surface area contributed by atoms with Gasteiger partial charge < -0.3 is 10.1 Å². The summed E-state index contributed by atoms with van der Waals surface area (Å²) in [6.45, 7) is 0.575. The number of methoxy groups -OCH3 is 1. The third kappa shape index (κ3) is 3.69. The number of thioether (sulfide) groups is 2. The van der Waals surface area contributed by atoms with E-state index in [1.807, 2.05) is 23.5 Å². The van der Waals surface area contributed by atoms with Crippen molar-refractivity contribution in [2.24, 2.45) is 0 Å². The minimum atomic E-state index is -0.887. The molecule has 1 fully saturated rings. The van der Waals surface area contributed by atoms with Crippen molar-refractivity contribution in [1.82, 2.24) is 0 Å². The average molecular weight is 318 g/mol. The van der Waals surface area contributed by atoms with Crippen molar-refractivity contribution in [3.05, 3.63) is 28.1 Å². The third-order valence-corrected chi connectivity index (χ3v) is 5.71. The lowest BCUT2D eigenvalue weighted by Gasteiger charge is -2.21. The fourth-order valence-corrected chi connectivity index (χ4v) is 4.50. The van der Waals surface area contributed by atoms with Gasteiger partial charge in [-0.15, -0.1) is 0 Å². The van der Waals surface area contributed by atoms with E-state index in [9.17, 15) is 14.5 Å². The summed E-state index contributed by atoms with van der Waals surface area (Å²) in [6, 6.07) is 2.48. The van der Waals surface area contributed by atoms with E-state index >= 15 is 0 Å². The van der Waals surface area contributed by atoms with Gasteiger partial charge in [0.2, 0.25) is 5.82 Å². The molecule has 0 bridgehead atoms. The molecule has 0 aliphatic carbocycles. The van der Waals surface area contributed by atoms with E-state index in [4.69, 9.17) is 4.74 Å². The van der Waals surface area contributed by atoms with Crippen molar-refractivity contribution in [3.8, 4) is 5.75 Å². The quantitative estimate of drug-likeness (QED) is 0.665. The van der Waals surface area contributed by atoms with Crippen LogP contribution in [-0.2, 0) is 0 Å². The Hall–Kier alpha value is -1.15. The van der Waals surface area contributed by atoms with Gasteiger partial charge in [-0.2, -0.15) is 27.9 Å². The second-order valence-electron chi connectivity index (χ2n) is 4.21. The van der Waals surface area contributed by atoms with E-state index in [1.54, 1.807) is 0 Å². The summed E-state index contributed by atoms with van der Waals surface area (Å²) < 4.78 is 18.7. The Morgan fingerprint density at radius 2 is 2.35 bits per heavy atom. The number of hydrogen-bond acceptors (Lipinski definition) is 6. The van der Waals surface area contributed by atoms with Gasteiger partial charge in [-0.1, -0.05) is 0 Å². The Kier molecular flexibility index (Phi) is 5.36. The standard InChI is InChI=1S/C12H15FN2O3S2/c1-18-8-4-10(13)12(15(16)17)11(5-8)14-6-9-7-19-2-3-20-9/h4-5,9,14H,2-3,6-7H2,1H3. The number of hydrogen-bond donors (Lipinski definition) is 1. The highest BCUT2D eigenvalue weighted by atomic mass is 32.2. The molecule has 1 unspecified atom stereocenters. The first-order valence-corrected chi connectivity index (χ1v) is 8.27. The van der Waals surface area contributed by atoms with Crippen molar-refractivity contribution >= 4 is 34.9 Å². The number of anilines is 1. The molecule has 1 aromatic rings. The number of nitro groups is 1. The molecule has 0 aromatic heterocycles. The van der Waals surface area contributed by atoms with E-state index in [2.05, 4.69) is 5.32 Å². The number of benzene rings is 1. The highest BCUT2D eigenvalue weighted by Gasteiger charge is 2.23. The average Bonchev–Trinajstić information content (AvgIpc) is 2.45. The highest BCUT2D eigenvalue weighted by molar-refractivity contribution is 8.06. The lowest BCUT2D eigenvalue weighted by atomic mass is 10.2. The molecule has 110 valence electrons. The molecular formula is C12H15FN2O3S2. The maximum atomic E-state index is 13.7. The van der Waals surface area contributed by atoms with Crippen LogP contribution in [0.3, 0.4) is 0 Å². The maximum Gasteiger partial charge on any atom is 0.327 e. The van der Waals surface area contributed by atoms with E-state index in [-0.39, 0.29) is 11.4 Å². The van der Waals surface area contributed by atoms with Gasteiger partial charge in [-0.25, -0.2) is 0 Å². The molecule has 0 saturated carbocycles. The van der Waals surface area contributed by atoms with Gasteiger partial charge >= 0.3 is 5.69 Å². The van der Waals surface area contributed by atoms with Crippen LogP contribution in [0.15, 0.2) is 12.1 Å². The summed E-state index contributed by atoms with van der Waals surface area (Å²) >= 11 is 3.70. The van der Waals surface area contributed by atoms with Crippen molar-refractivity contribution in [2.75, 3.05) is 36.2 Å². The Morgan fingerprint density at radius 1 is 1.55 bits per heavy atom. The van der Waals surface area contributed by atoms with Gasteiger partial charge in [0.05, 0.1) is 12.0 Å². The van der Waals surface area contributed by atoms with Crippen LogP contribution in [-0.4, -0.2) is 41.1 Å². The summed E-state index contributed by atoms with van der Waals surface area (Å²) in [7, 11) is 1.40. The second kappa shape index (κ2) is 7.03. The predicted molar refractivity (Wildman–Crippen MR) is 81.7 cm³/mol. The van der Waals surface area contributed by atoms with E-state index in [0.29, 0.717) is 11.8 Å². The molecule has 1 atom stereocenters. The first-order valence-electron chi connectivity index (χ1n) is 6.07. The maximum absolute atomic E-state index is 13.7. The van der Waals surface area contributed by atoms with Crippen LogP contribution in [0.5, 0.6) is 5.75 Å². The largest absolute Gasteiger partial charge is 0.497 e. The minimum absolute atomic E-state index is 0.169. The fourth-order valence-electron chi connectivity index (χ4n) is 1.89. The molecule has 0 radical (unpaired) electrons. The van der Waals surface area contributed by atoms with Crippen LogP contribution < -0.4 is 10.1 Å². The monoisotopic (exact) mass is 318 g/mol. The molecule has 1 aromatic carbocycles. The zero-order chi connectivity index (χ0) is 14.5. The molecule has 1 aliphatic rings. The second-order valence-corrected chi connectivity index (χ2v) is 6.77. The number of ether oxygens (including phenoxy) is 1. The van der Waals surface area contributed by atoms with Gasteiger partial charge in [0.1, 0.15) is 11.4 Å². The summed E-state index contributed by atoms with van der Waals surface area (Å²) in [6.07, 6.45) is 0. The van der Waals surface area contributed by atoms with Crippen LogP contribution >= 0.6 is 23.5 Å². The zero-order valence-corrected chi connectivity index (χ0v) is 12.6. The van der Waals surface area contributed by atoms with Crippen molar-refractivity contribution < 1.29 is 14.1 Å². The van der Waals surface area contributed by atoms with Crippen LogP contribution in [0.4, 0.5) is 15.8 Å². The van der Waals surface area contributed by atoms with Crippen molar-refractivity contribution in [2.45, 2.75) is 5.25 Å². The van der Waals surface area contributed by atoms with Crippen LogP contribution in [0, 0.1) is 15.9 Å². The molecule has 0 spiro atoms. The Balaban J connectivity index is 2.15. The molecule has 1 heterocycles. The number of halogens is 1. The van der Waals surface area contributed by atoms with E-state index in [0.717, 1.165) is 23.3 Å². The molecule has 20 heavy (non-hydrogen) atoms. The molecule has 2 rings (SSSR count). The van der Waals surface area contributed by atoms with Gasteiger partial charge in [0.25, 0.3) is 0 Å². The summed E-state index contributed by atoms with van der Waals surface area (Å²) in [5.74, 6) is 2.59. The number of rotatable bonds is 5. The molecule has 1 N–H and O–H groups in total. The fraction of sp³-hybridized carbons (Fsp3) is 0.500. The normalized spacial score (nSPS) is 18.6. The molecule has 8 heteroatoms. The van der Waals surface area contributed by atoms with Crippen molar-refractivity contribution in [3.63, 3.8) is 0 Å². The lowest BCUT2D eigenvalue weighted by Crippen LogP contribution is -2.23. The topological polar surface area (TPSA) is 64.4 Å². The summed E-state index contributed by atoms with van der Waals surface area (Å²) in [5, 5.41) is 14.3. The van der Waals surface area contributed by atoms with Crippen LogP contribution in [0.1, 0.15) is 0 Å². The molecule has 1 saturated heterocycles. The summed E-state index contributed by atoms with van der Waals surface area (Å²) in [5.41, 5.74) is -0.359. The van der Waals surface area contributed by atoms with Gasteiger partial charge in [-0.05, 0) is 0 Å². The van der Waals surface area contributed by atoms with E-state index < -0.39 is 16.4 Å². The zero-order valence-electron chi connectivity index (χ0n) is 10.9. The molecular weight excluding hydrogens is 303 g/mol. The molecule has 1 aliphatic heterocycles. The van der Waals surface area contributed by atoms with Crippen LogP contribution in [0.25, 0.3) is 0 Å². The number of nitrogens with one attached hydrogen (secondary N) is 1. The third-order valence-electron chi connectivity index (χ3n) is 2.86. The number of nitro benzene ring substituents is 1. The first kappa shape index (κ1) is 15.2. The smallest absolute Gasteiger partial charge is 0.327 e. The minimum Gasteiger partial charge on any atom is -0.497 e. The van der Waals surface area contributed by atoms with E-state index in [1.165, 1.54) is 13.2 Å². The lowest BCUT2D eigenvalue weighted by molar-refractivity contribution is -0.386. The Labute approximate surface area is 124 Å². The van der Waals surface area contributed by atoms with Crippen LogP contribution in [0.2, 0.25) is 0 Å². The van der Waals surface area contributed by atoms with Crippen molar-refractivity contribution in [1.29, 1.82) is 0 Å². The first-order chi connectivity index (χ1) is 9.61.